The van der Waals surface area contributed by atoms with Gasteiger partial charge in [0.25, 0.3) is 0 Å². The number of hydrogen-bond acceptors (Lipinski definition) is 3. The highest BCUT2D eigenvalue weighted by Gasteiger charge is 2.13. The summed E-state index contributed by atoms with van der Waals surface area (Å²) >= 11 is 0. The van der Waals surface area contributed by atoms with Gasteiger partial charge >= 0.3 is 5.97 Å². The first-order valence-corrected chi connectivity index (χ1v) is 5.25. The van der Waals surface area contributed by atoms with Crippen LogP contribution in [0.25, 0.3) is 11.1 Å². The van der Waals surface area contributed by atoms with Crippen molar-refractivity contribution < 1.29 is 9.53 Å². The van der Waals surface area contributed by atoms with E-state index in [1.165, 1.54) is 13.3 Å². The highest BCUT2D eigenvalue weighted by Crippen LogP contribution is 2.24. The summed E-state index contributed by atoms with van der Waals surface area (Å²) in [7, 11) is 1.36. The second kappa shape index (κ2) is 4.78. The fourth-order valence-electron chi connectivity index (χ4n) is 1.68. The Kier molecular flexibility index (Phi) is 3.19. The van der Waals surface area contributed by atoms with E-state index < -0.39 is 0 Å². The number of carbonyl (C=O) groups excluding carboxylic acids is 1. The molecule has 17 heavy (non-hydrogen) atoms. The number of hydrogen-bond donors (Lipinski definition) is 0. The van der Waals surface area contributed by atoms with Gasteiger partial charge in [-0.15, -0.1) is 0 Å². The molecule has 1 heterocycles. The molecule has 2 rings (SSSR count). The first-order chi connectivity index (χ1) is 8.24. The Bertz CT molecular complexity index is 535. The minimum Gasteiger partial charge on any atom is -0.465 e. The largest absolute Gasteiger partial charge is 0.465 e. The quantitative estimate of drug-likeness (QED) is 0.739. The molecule has 1 aromatic heterocycles. The van der Waals surface area contributed by atoms with E-state index in [4.69, 9.17) is 4.74 Å². The van der Waals surface area contributed by atoms with Gasteiger partial charge in [-0.1, -0.05) is 30.3 Å². The molecule has 0 saturated carbocycles. The number of rotatable bonds is 2. The molecule has 0 aliphatic heterocycles. The minimum absolute atomic E-state index is 0.374. The van der Waals surface area contributed by atoms with Gasteiger partial charge in [0, 0.05) is 11.8 Å². The molecule has 85 valence electrons. The number of ether oxygens (including phenoxy) is 1. The van der Waals surface area contributed by atoms with Crippen molar-refractivity contribution in [3.05, 3.63) is 53.9 Å². The SMILES string of the molecule is COC(=O)c1cn[c]c(-c2ccccc2)c1C. The van der Waals surface area contributed by atoms with Crippen molar-refractivity contribution in [3.63, 3.8) is 0 Å². The monoisotopic (exact) mass is 226 g/mol. The molecule has 0 atom stereocenters. The van der Waals surface area contributed by atoms with Gasteiger partial charge in [0.15, 0.2) is 0 Å². The van der Waals surface area contributed by atoms with Crippen LogP contribution < -0.4 is 0 Å². The molecule has 0 aliphatic rings. The number of esters is 1. The molecule has 0 saturated heterocycles. The van der Waals surface area contributed by atoms with Crippen LogP contribution in [0.2, 0.25) is 0 Å². The van der Waals surface area contributed by atoms with Crippen LogP contribution in [0.1, 0.15) is 15.9 Å². The van der Waals surface area contributed by atoms with E-state index in [0.717, 1.165) is 16.7 Å². The summed E-state index contributed by atoms with van der Waals surface area (Å²) in [6.07, 6.45) is 4.39. The molecule has 1 radical (unpaired) electrons. The molecule has 0 amide bonds. The first kappa shape index (κ1) is 11.3. The molecule has 3 heteroatoms. The lowest BCUT2D eigenvalue weighted by Gasteiger charge is -2.08. The zero-order valence-electron chi connectivity index (χ0n) is 9.73. The zero-order chi connectivity index (χ0) is 12.3. The third kappa shape index (κ3) is 2.18. The Morgan fingerprint density at radius 2 is 2.00 bits per heavy atom. The molecule has 0 unspecified atom stereocenters. The Hall–Kier alpha value is -2.16. The van der Waals surface area contributed by atoms with E-state index in [1.54, 1.807) is 0 Å². The lowest BCUT2D eigenvalue weighted by molar-refractivity contribution is 0.0599. The van der Waals surface area contributed by atoms with Crippen LogP contribution in [0.15, 0.2) is 36.5 Å². The molecule has 2 aromatic rings. The second-order valence-electron chi connectivity index (χ2n) is 3.64. The molecule has 3 nitrogen and oxygen atoms in total. The summed E-state index contributed by atoms with van der Waals surface area (Å²) in [6.45, 7) is 1.87. The molecule has 0 bridgehead atoms. The Morgan fingerprint density at radius 1 is 1.29 bits per heavy atom. The third-order valence-electron chi connectivity index (χ3n) is 2.62. The average molecular weight is 226 g/mol. The van der Waals surface area contributed by atoms with Crippen LogP contribution in [0.3, 0.4) is 0 Å². The molecular formula is C14H12NO2. The fourth-order valence-corrected chi connectivity index (χ4v) is 1.68. The number of methoxy groups -OCH3 is 1. The molecule has 0 N–H and O–H groups in total. The summed E-state index contributed by atoms with van der Waals surface area (Å²) in [4.78, 5) is 15.5. The topological polar surface area (TPSA) is 39.2 Å². The summed E-state index contributed by atoms with van der Waals surface area (Å²) in [5, 5.41) is 0. The van der Waals surface area contributed by atoms with Gasteiger partial charge in [0.05, 0.1) is 18.9 Å². The average Bonchev–Trinajstić information content (AvgIpc) is 2.39. The summed E-state index contributed by atoms with van der Waals surface area (Å²) in [5.74, 6) is -0.374. The predicted molar refractivity (Wildman–Crippen MR) is 64.6 cm³/mol. The van der Waals surface area contributed by atoms with Crippen molar-refractivity contribution in [1.82, 2.24) is 4.98 Å². The van der Waals surface area contributed by atoms with Crippen LogP contribution in [0.5, 0.6) is 0 Å². The summed E-state index contributed by atoms with van der Waals surface area (Å²) in [6, 6.07) is 9.74. The van der Waals surface area contributed by atoms with Gasteiger partial charge in [-0.2, -0.15) is 0 Å². The van der Waals surface area contributed by atoms with Crippen molar-refractivity contribution in [2.24, 2.45) is 0 Å². The van der Waals surface area contributed by atoms with Gasteiger partial charge in [-0.3, -0.25) is 4.98 Å². The number of benzene rings is 1. The Balaban J connectivity index is 2.54. The highest BCUT2D eigenvalue weighted by molar-refractivity contribution is 5.92. The lowest BCUT2D eigenvalue weighted by Crippen LogP contribution is -2.05. The van der Waals surface area contributed by atoms with Crippen LogP contribution in [0, 0.1) is 13.1 Å². The predicted octanol–water partition coefficient (Wildman–Crippen LogP) is 2.64. The van der Waals surface area contributed by atoms with E-state index in [9.17, 15) is 4.79 Å². The smallest absolute Gasteiger partial charge is 0.339 e. The van der Waals surface area contributed by atoms with E-state index >= 15 is 0 Å². The zero-order valence-corrected chi connectivity index (χ0v) is 9.73. The van der Waals surface area contributed by atoms with E-state index in [2.05, 4.69) is 11.2 Å². The normalized spacial score (nSPS) is 10.0. The number of aromatic nitrogens is 1. The highest BCUT2D eigenvalue weighted by atomic mass is 16.5. The number of pyridine rings is 1. The maximum absolute atomic E-state index is 11.5. The fraction of sp³-hybridized carbons (Fsp3) is 0.143. The van der Waals surface area contributed by atoms with Crippen molar-refractivity contribution >= 4 is 5.97 Å². The van der Waals surface area contributed by atoms with Gasteiger partial charge in [-0.25, -0.2) is 4.79 Å². The van der Waals surface area contributed by atoms with Crippen molar-refractivity contribution in [2.45, 2.75) is 6.92 Å². The number of carbonyl (C=O) groups is 1. The van der Waals surface area contributed by atoms with Gasteiger partial charge < -0.3 is 4.74 Å². The number of nitrogens with zero attached hydrogens (tertiary/aromatic N) is 1. The molecular weight excluding hydrogens is 214 g/mol. The van der Waals surface area contributed by atoms with Crippen molar-refractivity contribution in [1.29, 1.82) is 0 Å². The van der Waals surface area contributed by atoms with Crippen molar-refractivity contribution in [2.75, 3.05) is 7.11 Å². The van der Waals surface area contributed by atoms with Crippen LogP contribution >= 0.6 is 0 Å². The van der Waals surface area contributed by atoms with Gasteiger partial charge in [-0.05, 0) is 18.1 Å². The van der Waals surface area contributed by atoms with Gasteiger partial charge in [0.1, 0.15) is 0 Å². The van der Waals surface area contributed by atoms with E-state index in [1.807, 2.05) is 37.3 Å². The van der Waals surface area contributed by atoms with E-state index in [-0.39, 0.29) is 5.97 Å². The Labute approximate surface area is 100 Å². The summed E-state index contributed by atoms with van der Waals surface area (Å²) in [5.41, 5.74) is 3.12. The first-order valence-electron chi connectivity index (χ1n) is 5.25. The maximum atomic E-state index is 11.5. The second-order valence-corrected chi connectivity index (χ2v) is 3.64. The van der Waals surface area contributed by atoms with Crippen LogP contribution in [0.4, 0.5) is 0 Å². The maximum Gasteiger partial charge on any atom is 0.339 e. The molecule has 0 aliphatic carbocycles. The summed E-state index contributed by atoms with van der Waals surface area (Å²) < 4.78 is 4.72. The van der Waals surface area contributed by atoms with Crippen LogP contribution in [-0.2, 0) is 4.74 Å². The molecule has 0 spiro atoms. The lowest BCUT2D eigenvalue weighted by atomic mass is 9.99. The van der Waals surface area contributed by atoms with E-state index in [0.29, 0.717) is 5.56 Å². The van der Waals surface area contributed by atoms with Crippen LogP contribution in [-0.4, -0.2) is 18.1 Å². The van der Waals surface area contributed by atoms with Crippen molar-refractivity contribution in [3.8, 4) is 11.1 Å². The Morgan fingerprint density at radius 3 is 2.65 bits per heavy atom. The standard InChI is InChI=1S/C14H12NO2/c1-10-12(11-6-4-3-5-7-11)8-15-9-13(10)14(16)17-2/h3-7,9H,1-2H3. The molecule has 0 fully saturated rings. The molecule has 1 aromatic carbocycles. The third-order valence-corrected chi connectivity index (χ3v) is 2.62. The minimum atomic E-state index is -0.374. The van der Waals surface area contributed by atoms with Gasteiger partial charge in [0.2, 0.25) is 0 Å².